The zero-order valence-electron chi connectivity index (χ0n) is 17.5. The van der Waals surface area contributed by atoms with Crippen LogP contribution in [0.1, 0.15) is 34.3 Å². The number of amides is 1. The van der Waals surface area contributed by atoms with Gasteiger partial charge in [0.15, 0.2) is 11.5 Å². The molecular weight excluding hydrogens is 376 g/mol. The number of hydrogen-bond donors (Lipinski definition) is 0. The number of terminal acetylenes is 1. The largest absolute Gasteiger partial charge is 0.493 e. The highest BCUT2D eigenvalue weighted by Gasteiger charge is 2.29. The van der Waals surface area contributed by atoms with E-state index in [9.17, 15) is 4.79 Å². The minimum absolute atomic E-state index is 0.0330. The maximum atomic E-state index is 13.0. The summed E-state index contributed by atoms with van der Waals surface area (Å²) >= 11 is 0. The summed E-state index contributed by atoms with van der Waals surface area (Å²) in [6, 6.07) is 14.5. The average Bonchev–Trinajstić information content (AvgIpc) is 2.82. The van der Waals surface area contributed by atoms with Crippen molar-refractivity contribution in [2.24, 2.45) is 0 Å². The lowest BCUT2D eigenvalue weighted by molar-refractivity contribution is 0.0599. The van der Waals surface area contributed by atoms with Crippen LogP contribution >= 0.6 is 0 Å². The van der Waals surface area contributed by atoms with Gasteiger partial charge < -0.3 is 14.4 Å². The van der Waals surface area contributed by atoms with Crippen LogP contribution in [0.4, 0.5) is 0 Å². The van der Waals surface area contributed by atoms with Crippen molar-refractivity contribution in [3.8, 4) is 23.8 Å². The van der Waals surface area contributed by atoms with Crippen LogP contribution in [0, 0.1) is 12.3 Å². The fraction of sp³-hybridized carbons (Fsp3) is 0.400. The fourth-order valence-electron chi connectivity index (χ4n) is 4.49. The lowest BCUT2D eigenvalue weighted by Gasteiger charge is -2.40. The van der Waals surface area contributed by atoms with E-state index in [1.165, 1.54) is 11.1 Å². The van der Waals surface area contributed by atoms with Crippen molar-refractivity contribution < 1.29 is 14.3 Å². The minimum Gasteiger partial charge on any atom is -0.493 e. The van der Waals surface area contributed by atoms with Crippen molar-refractivity contribution in [1.82, 2.24) is 9.80 Å². The lowest BCUT2D eigenvalue weighted by Crippen LogP contribution is -2.48. The number of carbonyl (C=O) groups excluding carboxylic acids is 1. The van der Waals surface area contributed by atoms with Crippen molar-refractivity contribution >= 4 is 5.91 Å². The zero-order valence-corrected chi connectivity index (χ0v) is 17.5. The zero-order chi connectivity index (χ0) is 20.9. The van der Waals surface area contributed by atoms with Crippen molar-refractivity contribution in [1.29, 1.82) is 0 Å². The molecule has 0 spiro atoms. The van der Waals surface area contributed by atoms with Crippen molar-refractivity contribution in [2.45, 2.75) is 31.8 Å². The number of ether oxygens (including phenoxy) is 2. The van der Waals surface area contributed by atoms with Gasteiger partial charge in [-0.3, -0.25) is 9.69 Å². The molecule has 1 amide bonds. The first-order valence-corrected chi connectivity index (χ1v) is 10.5. The van der Waals surface area contributed by atoms with Gasteiger partial charge in [-0.05, 0) is 48.6 Å². The Hall–Kier alpha value is -2.97. The van der Waals surface area contributed by atoms with Crippen LogP contribution in [0.25, 0.3) is 0 Å². The van der Waals surface area contributed by atoms with Crippen LogP contribution in [0.2, 0.25) is 0 Å². The first kappa shape index (κ1) is 20.3. The summed E-state index contributed by atoms with van der Waals surface area (Å²) in [5, 5.41) is 0. The molecule has 1 fully saturated rings. The highest BCUT2D eigenvalue weighted by molar-refractivity contribution is 5.95. The molecule has 5 heteroatoms. The third kappa shape index (κ3) is 4.29. The fourth-order valence-corrected chi connectivity index (χ4v) is 4.49. The third-order valence-electron chi connectivity index (χ3n) is 6.15. The molecule has 4 rings (SSSR count). The summed E-state index contributed by atoms with van der Waals surface area (Å²) in [5.41, 5.74) is 3.52. The van der Waals surface area contributed by atoms with E-state index in [1.54, 1.807) is 25.3 Å². The van der Waals surface area contributed by atoms with Gasteiger partial charge in [-0.2, -0.15) is 0 Å². The summed E-state index contributed by atoms with van der Waals surface area (Å²) in [6.07, 6.45) is 8.41. The predicted octanol–water partition coefficient (Wildman–Crippen LogP) is 3.37. The molecule has 0 unspecified atom stereocenters. The first-order valence-electron chi connectivity index (χ1n) is 10.5. The second kappa shape index (κ2) is 9.23. The number of benzene rings is 2. The molecule has 2 aliphatic rings. The summed E-state index contributed by atoms with van der Waals surface area (Å²) in [7, 11) is 1.57. The Bertz CT molecular complexity index is 942. The Balaban J connectivity index is 1.37. The molecule has 0 radical (unpaired) electrons. The summed E-state index contributed by atoms with van der Waals surface area (Å²) in [5.74, 6) is 3.55. The minimum atomic E-state index is 0.0330. The Kier molecular flexibility index (Phi) is 6.25. The number of fused-ring (bicyclic) bond motifs is 1. The Morgan fingerprint density at radius 3 is 2.60 bits per heavy atom. The molecule has 2 aromatic carbocycles. The molecular formula is C25H28N2O3. The van der Waals surface area contributed by atoms with Gasteiger partial charge in [0.2, 0.25) is 0 Å². The molecule has 5 nitrogen and oxygen atoms in total. The molecule has 0 aromatic heterocycles. The number of likely N-dealkylation sites (tertiary alicyclic amines) is 1. The van der Waals surface area contributed by atoms with E-state index >= 15 is 0 Å². The van der Waals surface area contributed by atoms with Gasteiger partial charge in [-0.1, -0.05) is 30.2 Å². The summed E-state index contributed by atoms with van der Waals surface area (Å²) < 4.78 is 10.8. The second-order valence-electron chi connectivity index (χ2n) is 7.87. The molecule has 30 heavy (non-hydrogen) atoms. The summed E-state index contributed by atoms with van der Waals surface area (Å²) in [6.45, 7) is 3.80. The molecule has 156 valence electrons. The number of carbonyl (C=O) groups is 1. The van der Waals surface area contributed by atoms with Crippen LogP contribution in [0.5, 0.6) is 11.5 Å². The van der Waals surface area contributed by atoms with E-state index in [0.29, 0.717) is 23.1 Å². The van der Waals surface area contributed by atoms with E-state index < -0.39 is 0 Å². The molecule has 0 atom stereocenters. The molecule has 1 saturated heterocycles. The van der Waals surface area contributed by atoms with Crippen molar-refractivity contribution in [3.63, 3.8) is 0 Å². The van der Waals surface area contributed by atoms with E-state index in [0.717, 1.165) is 45.4 Å². The standard InChI is InChI=1S/C25H28N2O3/c1-3-16-30-24-17-20(8-9-23(24)29-2)25(28)26-14-11-22(12-15-26)27-13-10-19-6-4-5-7-21(19)18-27/h1,4-9,17,22H,10-16,18H2,2H3. The number of hydrogen-bond acceptors (Lipinski definition) is 4. The first-order chi connectivity index (χ1) is 14.7. The molecule has 2 heterocycles. The Morgan fingerprint density at radius 2 is 1.87 bits per heavy atom. The smallest absolute Gasteiger partial charge is 0.253 e. The van der Waals surface area contributed by atoms with Crippen LogP contribution in [0.3, 0.4) is 0 Å². The van der Waals surface area contributed by atoms with Gasteiger partial charge >= 0.3 is 0 Å². The maximum Gasteiger partial charge on any atom is 0.253 e. The molecule has 0 bridgehead atoms. The number of rotatable bonds is 5. The van der Waals surface area contributed by atoms with Gasteiger partial charge in [0.25, 0.3) is 5.91 Å². The third-order valence-corrected chi connectivity index (χ3v) is 6.15. The Morgan fingerprint density at radius 1 is 1.10 bits per heavy atom. The number of nitrogens with zero attached hydrogens (tertiary/aromatic N) is 2. The number of methoxy groups -OCH3 is 1. The summed E-state index contributed by atoms with van der Waals surface area (Å²) in [4.78, 5) is 17.6. The van der Waals surface area contributed by atoms with Gasteiger partial charge in [0, 0.05) is 37.8 Å². The van der Waals surface area contributed by atoms with E-state index in [1.807, 2.05) is 4.90 Å². The highest BCUT2D eigenvalue weighted by Crippen LogP contribution is 2.30. The van der Waals surface area contributed by atoms with Crippen LogP contribution in [-0.2, 0) is 13.0 Å². The van der Waals surface area contributed by atoms with E-state index in [2.05, 4.69) is 35.1 Å². The lowest BCUT2D eigenvalue weighted by atomic mass is 9.95. The molecule has 2 aromatic rings. The average molecular weight is 405 g/mol. The monoisotopic (exact) mass is 404 g/mol. The molecule has 0 saturated carbocycles. The normalized spacial score (nSPS) is 17.1. The van der Waals surface area contributed by atoms with Gasteiger partial charge in [0.1, 0.15) is 6.61 Å². The van der Waals surface area contributed by atoms with Crippen molar-refractivity contribution in [3.05, 3.63) is 59.2 Å². The van der Waals surface area contributed by atoms with Gasteiger partial charge in [0.05, 0.1) is 7.11 Å². The second-order valence-corrected chi connectivity index (χ2v) is 7.87. The predicted molar refractivity (Wildman–Crippen MR) is 117 cm³/mol. The highest BCUT2D eigenvalue weighted by atomic mass is 16.5. The molecule has 0 aliphatic carbocycles. The van der Waals surface area contributed by atoms with E-state index in [4.69, 9.17) is 15.9 Å². The molecule has 0 N–H and O–H groups in total. The van der Waals surface area contributed by atoms with Crippen LogP contribution in [0.15, 0.2) is 42.5 Å². The van der Waals surface area contributed by atoms with Crippen molar-refractivity contribution in [2.75, 3.05) is 33.4 Å². The van der Waals surface area contributed by atoms with Crippen LogP contribution < -0.4 is 9.47 Å². The van der Waals surface area contributed by atoms with E-state index in [-0.39, 0.29) is 12.5 Å². The maximum absolute atomic E-state index is 13.0. The SMILES string of the molecule is C#CCOc1cc(C(=O)N2CCC(N3CCc4ccccc4C3)CC2)ccc1OC. The van der Waals surface area contributed by atoms with Gasteiger partial charge in [-0.15, -0.1) is 6.42 Å². The van der Waals surface area contributed by atoms with Crippen LogP contribution in [-0.4, -0.2) is 55.1 Å². The van der Waals surface area contributed by atoms with Gasteiger partial charge in [-0.25, -0.2) is 0 Å². The number of piperidine rings is 1. The molecule has 2 aliphatic heterocycles. The Labute approximate surface area is 178 Å². The topological polar surface area (TPSA) is 42.0 Å². The quantitative estimate of drug-likeness (QED) is 0.717.